The molecule has 0 radical (unpaired) electrons. The summed E-state index contributed by atoms with van der Waals surface area (Å²) in [6, 6.07) is 0. The highest BCUT2D eigenvalue weighted by atomic mass is 32.2. The minimum atomic E-state index is 0.727. The fourth-order valence-corrected chi connectivity index (χ4v) is 3.65. The summed E-state index contributed by atoms with van der Waals surface area (Å²) in [5.74, 6) is 1.76. The Morgan fingerprint density at radius 3 is 3.06 bits per heavy atom. The molecule has 1 N–H and O–H groups in total. The average Bonchev–Trinajstić information content (AvgIpc) is 2.30. The first kappa shape index (κ1) is 12.7. The van der Waals surface area contributed by atoms with Gasteiger partial charge in [-0.3, -0.25) is 4.98 Å². The smallest absolute Gasteiger partial charge is 0.145 e. The second-order valence-electron chi connectivity index (χ2n) is 4.78. The van der Waals surface area contributed by atoms with Gasteiger partial charge in [0, 0.05) is 11.8 Å². The van der Waals surface area contributed by atoms with Crippen LogP contribution in [0.15, 0.2) is 17.4 Å². The van der Waals surface area contributed by atoms with Crippen molar-refractivity contribution in [1.82, 2.24) is 9.97 Å². The number of anilines is 1. The van der Waals surface area contributed by atoms with Crippen molar-refractivity contribution in [2.75, 3.05) is 11.9 Å². The van der Waals surface area contributed by atoms with Gasteiger partial charge in [-0.25, -0.2) is 4.98 Å². The van der Waals surface area contributed by atoms with E-state index in [9.17, 15) is 0 Å². The van der Waals surface area contributed by atoms with Gasteiger partial charge in [0.25, 0.3) is 0 Å². The summed E-state index contributed by atoms with van der Waals surface area (Å²) in [4.78, 5) is 8.81. The maximum absolute atomic E-state index is 4.57. The van der Waals surface area contributed by atoms with Crippen LogP contribution in [0.3, 0.4) is 0 Å². The van der Waals surface area contributed by atoms with Crippen molar-refractivity contribution < 1.29 is 0 Å². The second-order valence-corrected chi connectivity index (χ2v) is 6.11. The quantitative estimate of drug-likeness (QED) is 0.887. The molecule has 2 unspecified atom stereocenters. The fraction of sp³-hybridized carbons (Fsp3) is 0.692. The molecule has 2 rings (SSSR count). The van der Waals surface area contributed by atoms with Crippen molar-refractivity contribution in [2.24, 2.45) is 5.92 Å². The zero-order chi connectivity index (χ0) is 12.1. The molecule has 0 spiro atoms. The van der Waals surface area contributed by atoms with Gasteiger partial charge < -0.3 is 5.32 Å². The number of hydrogen-bond acceptors (Lipinski definition) is 4. The number of hydrogen-bond donors (Lipinski definition) is 1. The van der Waals surface area contributed by atoms with Gasteiger partial charge in [-0.1, -0.05) is 19.8 Å². The first-order valence-electron chi connectivity index (χ1n) is 6.50. The molecule has 0 aromatic carbocycles. The summed E-state index contributed by atoms with van der Waals surface area (Å²) in [6.07, 6.45) is 9.06. The lowest BCUT2D eigenvalue weighted by atomic mass is 9.91. The van der Waals surface area contributed by atoms with Crippen molar-refractivity contribution in [3.8, 4) is 0 Å². The Bertz CT molecular complexity index is 356. The highest BCUT2D eigenvalue weighted by Gasteiger charge is 2.20. The van der Waals surface area contributed by atoms with Gasteiger partial charge in [-0.2, -0.15) is 0 Å². The minimum absolute atomic E-state index is 0.727. The number of rotatable bonds is 4. The first-order valence-corrected chi connectivity index (χ1v) is 7.38. The third kappa shape index (κ3) is 3.87. The molecule has 4 heteroatoms. The maximum Gasteiger partial charge on any atom is 0.145 e. The molecule has 1 aliphatic rings. The lowest BCUT2D eigenvalue weighted by Crippen LogP contribution is -2.15. The van der Waals surface area contributed by atoms with E-state index in [1.165, 1.54) is 25.7 Å². The molecule has 0 bridgehead atoms. The molecule has 3 nitrogen and oxygen atoms in total. The SMILES string of the molecule is CCNc1cncc(SC2CCCC(C)C2)n1. The summed E-state index contributed by atoms with van der Waals surface area (Å²) < 4.78 is 0. The Hall–Kier alpha value is -0.770. The second kappa shape index (κ2) is 6.24. The van der Waals surface area contributed by atoms with E-state index in [0.29, 0.717) is 0 Å². The van der Waals surface area contributed by atoms with Crippen LogP contribution < -0.4 is 5.32 Å². The third-order valence-corrected chi connectivity index (χ3v) is 4.35. The normalized spacial score (nSPS) is 24.6. The monoisotopic (exact) mass is 251 g/mol. The van der Waals surface area contributed by atoms with Gasteiger partial charge in [-0.05, 0) is 25.7 Å². The number of thioether (sulfide) groups is 1. The topological polar surface area (TPSA) is 37.8 Å². The molecular formula is C13H21N3S. The van der Waals surface area contributed by atoms with Crippen LogP contribution in [0.2, 0.25) is 0 Å². The minimum Gasteiger partial charge on any atom is -0.369 e. The Kier molecular flexibility index (Phi) is 4.66. The predicted molar refractivity (Wildman–Crippen MR) is 73.5 cm³/mol. The largest absolute Gasteiger partial charge is 0.369 e. The molecule has 0 saturated heterocycles. The van der Waals surface area contributed by atoms with Gasteiger partial charge in [0.2, 0.25) is 0 Å². The van der Waals surface area contributed by atoms with Crippen LogP contribution in [-0.2, 0) is 0 Å². The molecule has 1 aromatic rings. The Morgan fingerprint density at radius 2 is 2.29 bits per heavy atom. The molecule has 1 fully saturated rings. The van der Waals surface area contributed by atoms with E-state index in [-0.39, 0.29) is 0 Å². The van der Waals surface area contributed by atoms with E-state index in [2.05, 4.69) is 29.1 Å². The van der Waals surface area contributed by atoms with Crippen molar-refractivity contribution in [2.45, 2.75) is 49.8 Å². The summed E-state index contributed by atoms with van der Waals surface area (Å²) in [6.45, 7) is 5.32. The van der Waals surface area contributed by atoms with E-state index >= 15 is 0 Å². The third-order valence-electron chi connectivity index (χ3n) is 3.15. The lowest BCUT2D eigenvalue weighted by Gasteiger charge is -2.25. The molecule has 1 aliphatic carbocycles. The molecule has 0 aliphatic heterocycles. The highest BCUT2D eigenvalue weighted by Crippen LogP contribution is 2.35. The van der Waals surface area contributed by atoms with Crippen molar-refractivity contribution in [3.05, 3.63) is 12.4 Å². The number of aromatic nitrogens is 2. The predicted octanol–water partition coefficient (Wildman–Crippen LogP) is 3.58. The van der Waals surface area contributed by atoms with E-state index in [4.69, 9.17) is 0 Å². The van der Waals surface area contributed by atoms with E-state index in [1.807, 2.05) is 18.0 Å². The molecule has 94 valence electrons. The molecule has 1 aromatic heterocycles. The lowest BCUT2D eigenvalue weighted by molar-refractivity contribution is 0.394. The van der Waals surface area contributed by atoms with Gasteiger partial charge in [0.15, 0.2) is 0 Å². The van der Waals surface area contributed by atoms with Crippen LogP contribution >= 0.6 is 11.8 Å². The van der Waals surface area contributed by atoms with Crippen molar-refractivity contribution >= 4 is 17.6 Å². The van der Waals surface area contributed by atoms with E-state index in [0.717, 1.165) is 28.6 Å². The first-order chi connectivity index (χ1) is 8.28. The van der Waals surface area contributed by atoms with E-state index in [1.54, 1.807) is 6.20 Å². The zero-order valence-electron chi connectivity index (χ0n) is 10.6. The Balaban J connectivity index is 1.95. The van der Waals surface area contributed by atoms with Gasteiger partial charge in [0.1, 0.15) is 10.8 Å². The molecule has 1 saturated carbocycles. The Morgan fingerprint density at radius 1 is 1.41 bits per heavy atom. The standard InChI is InChI=1S/C13H21N3S/c1-3-15-12-8-14-9-13(16-12)17-11-6-4-5-10(2)7-11/h8-11H,3-7H2,1-2H3,(H,15,16). The summed E-state index contributed by atoms with van der Waals surface area (Å²) in [5.41, 5.74) is 0. The maximum atomic E-state index is 4.57. The fourth-order valence-electron chi connectivity index (χ4n) is 2.33. The van der Waals surface area contributed by atoms with E-state index < -0.39 is 0 Å². The summed E-state index contributed by atoms with van der Waals surface area (Å²) in [5, 5.41) is 4.99. The highest BCUT2D eigenvalue weighted by molar-refractivity contribution is 7.99. The van der Waals surface area contributed by atoms with Crippen LogP contribution in [0.1, 0.15) is 39.5 Å². The van der Waals surface area contributed by atoms with Gasteiger partial charge in [0.05, 0.1) is 12.4 Å². The molecular weight excluding hydrogens is 230 g/mol. The molecule has 0 amide bonds. The van der Waals surface area contributed by atoms with Crippen LogP contribution in [0.25, 0.3) is 0 Å². The van der Waals surface area contributed by atoms with Crippen LogP contribution in [0, 0.1) is 5.92 Å². The van der Waals surface area contributed by atoms with Crippen LogP contribution in [0.4, 0.5) is 5.82 Å². The average molecular weight is 251 g/mol. The van der Waals surface area contributed by atoms with Crippen LogP contribution in [-0.4, -0.2) is 21.8 Å². The van der Waals surface area contributed by atoms with Gasteiger partial charge >= 0.3 is 0 Å². The summed E-state index contributed by atoms with van der Waals surface area (Å²) in [7, 11) is 0. The molecule has 2 atom stereocenters. The Labute approximate surface area is 108 Å². The number of nitrogens with one attached hydrogen (secondary N) is 1. The number of nitrogens with zero attached hydrogens (tertiary/aromatic N) is 2. The van der Waals surface area contributed by atoms with Crippen LogP contribution in [0.5, 0.6) is 0 Å². The summed E-state index contributed by atoms with van der Waals surface area (Å²) >= 11 is 1.89. The van der Waals surface area contributed by atoms with Crippen molar-refractivity contribution in [3.63, 3.8) is 0 Å². The van der Waals surface area contributed by atoms with Gasteiger partial charge in [-0.15, -0.1) is 11.8 Å². The van der Waals surface area contributed by atoms with Crippen molar-refractivity contribution in [1.29, 1.82) is 0 Å². The molecule has 1 heterocycles. The zero-order valence-corrected chi connectivity index (χ0v) is 11.5. The molecule has 17 heavy (non-hydrogen) atoms.